The summed E-state index contributed by atoms with van der Waals surface area (Å²) in [4.78, 5) is 4.91. The zero-order valence-corrected chi connectivity index (χ0v) is 7.90. The predicted molar refractivity (Wildman–Crippen MR) is 54.6 cm³/mol. The van der Waals surface area contributed by atoms with Gasteiger partial charge < -0.3 is 4.84 Å². The maximum absolute atomic E-state index is 4.91. The second-order valence-corrected chi connectivity index (χ2v) is 2.62. The third-order valence-corrected chi connectivity index (χ3v) is 1.58. The lowest BCUT2D eigenvalue weighted by molar-refractivity contribution is 0.268. The van der Waals surface area contributed by atoms with Gasteiger partial charge in [-0.2, -0.15) is 0 Å². The molecule has 1 aromatic carbocycles. The summed E-state index contributed by atoms with van der Waals surface area (Å²) >= 11 is 0. The number of benzene rings is 1. The molecule has 0 aliphatic carbocycles. The maximum atomic E-state index is 4.91. The average Bonchev–Trinajstić information content (AvgIpc) is 2.19. The Kier molecular flexibility index (Phi) is 3.76. The van der Waals surface area contributed by atoms with Crippen molar-refractivity contribution in [3.63, 3.8) is 0 Å². The van der Waals surface area contributed by atoms with Gasteiger partial charge in [0, 0.05) is 0 Å². The molecule has 0 aliphatic heterocycles. The summed E-state index contributed by atoms with van der Waals surface area (Å²) in [5, 5.41) is 3.91. The number of rotatable bonds is 3. The van der Waals surface area contributed by atoms with E-state index >= 15 is 0 Å². The van der Waals surface area contributed by atoms with Gasteiger partial charge in [-0.1, -0.05) is 35.5 Å². The summed E-state index contributed by atoms with van der Waals surface area (Å²) in [5.74, 6) is 0. The zero-order chi connectivity index (χ0) is 9.52. The van der Waals surface area contributed by atoms with E-state index in [2.05, 4.69) is 5.16 Å². The molecule has 1 rings (SSSR count). The third kappa shape index (κ3) is 3.11. The van der Waals surface area contributed by atoms with Crippen LogP contribution in [-0.4, -0.2) is 5.71 Å². The first-order chi connectivity index (χ1) is 6.34. The lowest BCUT2D eigenvalue weighted by Gasteiger charge is -1.97. The summed E-state index contributed by atoms with van der Waals surface area (Å²) in [6.45, 7) is 3.80. The quantitative estimate of drug-likeness (QED) is 0.393. The van der Waals surface area contributed by atoms with E-state index in [1.54, 1.807) is 12.3 Å². The van der Waals surface area contributed by atoms with Crippen LogP contribution < -0.4 is 0 Å². The molecule has 1 aromatic rings. The molecule has 0 aliphatic rings. The van der Waals surface area contributed by atoms with Crippen molar-refractivity contribution in [1.82, 2.24) is 0 Å². The van der Waals surface area contributed by atoms with E-state index < -0.39 is 0 Å². The molecule has 2 nitrogen and oxygen atoms in total. The van der Waals surface area contributed by atoms with E-state index in [4.69, 9.17) is 4.84 Å². The number of oxime groups is 1. The molecule has 0 aromatic heterocycles. The van der Waals surface area contributed by atoms with Crippen LogP contribution in [0.25, 0.3) is 0 Å². The molecule has 2 heteroatoms. The van der Waals surface area contributed by atoms with Gasteiger partial charge in [-0.15, -0.1) is 0 Å². The van der Waals surface area contributed by atoms with Crippen LogP contribution in [0.5, 0.6) is 0 Å². The molecular formula is C11H13NO. The molecule has 0 unspecified atom stereocenters. The Morgan fingerprint density at radius 1 is 1.31 bits per heavy atom. The zero-order valence-electron chi connectivity index (χ0n) is 7.90. The second kappa shape index (κ2) is 5.14. The van der Waals surface area contributed by atoms with Crippen molar-refractivity contribution >= 4 is 5.71 Å². The van der Waals surface area contributed by atoms with Crippen molar-refractivity contribution < 1.29 is 4.84 Å². The average molecular weight is 175 g/mol. The molecule has 0 N–H and O–H groups in total. The van der Waals surface area contributed by atoms with Gasteiger partial charge in [0.1, 0.15) is 6.26 Å². The van der Waals surface area contributed by atoms with E-state index in [0.29, 0.717) is 0 Å². The Bertz CT molecular complexity index is 301. The van der Waals surface area contributed by atoms with Gasteiger partial charge in [0.2, 0.25) is 0 Å². The second-order valence-electron chi connectivity index (χ2n) is 2.62. The van der Waals surface area contributed by atoms with Gasteiger partial charge in [0.05, 0.1) is 5.71 Å². The first-order valence-electron chi connectivity index (χ1n) is 4.21. The molecule has 68 valence electrons. The van der Waals surface area contributed by atoms with Crippen molar-refractivity contribution in [2.45, 2.75) is 13.8 Å². The SMILES string of the molecule is C/C=C/O/N=C(\C)c1ccccc1. The minimum absolute atomic E-state index is 0.874. The summed E-state index contributed by atoms with van der Waals surface area (Å²) in [7, 11) is 0. The van der Waals surface area contributed by atoms with Crippen LogP contribution >= 0.6 is 0 Å². The highest BCUT2D eigenvalue weighted by Crippen LogP contribution is 2.00. The summed E-state index contributed by atoms with van der Waals surface area (Å²) in [6.07, 6.45) is 3.34. The molecule has 0 atom stereocenters. The summed E-state index contributed by atoms with van der Waals surface area (Å²) in [6, 6.07) is 9.92. The Hall–Kier alpha value is -1.57. The molecule has 0 radical (unpaired) electrons. The van der Waals surface area contributed by atoms with Crippen LogP contribution in [-0.2, 0) is 4.84 Å². The Morgan fingerprint density at radius 2 is 2.00 bits per heavy atom. The fraction of sp³-hybridized carbons (Fsp3) is 0.182. The van der Waals surface area contributed by atoms with Gasteiger partial charge in [-0.25, -0.2) is 0 Å². The minimum atomic E-state index is 0.874. The lowest BCUT2D eigenvalue weighted by Crippen LogP contribution is -1.93. The molecule has 0 fully saturated rings. The monoisotopic (exact) mass is 175 g/mol. The van der Waals surface area contributed by atoms with Crippen LogP contribution in [0.2, 0.25) is 0 Å². The highest BCUT2D eigenvalue weighted by Gasteiger charge is 1.94. The molecule has 0 saturated carbocycles. The van der Waals surface area contributed by atoms with E-state index in [9.17, 15) is 0 Å². The van der Waals surface area contributed by atoms with Crippen molar-refractivity contribution in [3.05, 3.63) is 48.2 Å². The first kappa shape index (κ1) is 9.52. The van der Waals surface area contributed by atoms with E-state index in [1.807, 2.05) is 44.2 Å². The molecule has 0 saturated heterocycles. The highest BCUT2D eigenvalue weighted by atomic mass is 16.6. The lowest BCUT2D eigenvalue weighted by atomic mass is 10.1. The van der Waals surface area contributed by atoms with Crippen LogP contribution in [0.15, 0.2) is 47.8 Å². The van der Waals surface area contributed by atoms with E-state index in [0.717, 1.165) is 11.3 Å². The normalized spacial score (nSPS) is 12.0. The van der Waals surface area contributed by atoms with Gasteiger partial charge in [-0.3, -0.25) is 0 Å². The maximum Gasteiger partial charge on any atom is 0.117 e. The predicted octanol–water partition coefficient (Wildman–Crippen LogP) is 2.96. The van der Waals surface area contributed by atoms with Gasteiger partial charge >= 0.3 is 0 Å². The molecule has 0 spiro atoms. The van der Waals surface area contributed by atoms with Crippen LogP contribution in [0.1, 0.15) is 19.4 Å². The van der Waals surface area contributed by atoms with Crippen LogP contribution in [0.4, 0.5) is 0 Å². The fourth-order valence-electron chi connectivity index (χ4n) is 0.902. The van der Waals surface area contributed by atoms with E-state index in [-0.39, 0.29) is 0 Å². The number of nitrogens with zero attached hydrogens (tertiary/aromatic N) is 1. The largest absolute Gasteiger partial charge is 0.365 e. The molecule has 0 heterocycles. The van der Waals surface area contributed by atoms with Gasteiger partial charge in [0.15, 0.2) is 0 Å². The van der Waals surface area contributed by atoms with Crippen molar-refractivity contribution in [1.29, 1.82) is 0 Å². The van der Waals surface area contributed by atoms with Gasteiger partial charge in [0.25, 0.3) is 0 Å². The first-order valence-corrected chi connectivity index (χ1v) is 4.21. The Labute approximate surface area is 78.5 Å². The summed E-state index contributed by atoms with van der Waals surface area (Å²) < 4.78 is 0. The van der Waals surface area contributed by atoms with Crippen LogP contribution in [0.3, 0.4) is 0 Å². The Morgan fingerprint density at radius 3 is 2.62 bits per heavy atom. The smallest absolute Gasteiger partial charge is 0.117 e. The number of hydrogen-bond acceptors (Lipinski definition) is 2. The topological polar surface area (TPSA) is 21.6 Å². The summed E-state index contributed by atoms with van der Waals surface area (Å²) in [5.41, 5.74) is 1.95. The number of allylic oxidation sites excluding steroid dienone is 1. The molecule has 0 bridgehead atoms. The Balaban J connectivity index is 2.67. The van der Waals surface area contributed by atoms with Crippen molar-refractivity contribution in [3.8, 4) is 0 Å². The fourth-order valence-corrected chi connectivity index (χ4v) is 0.902. The standard InChI is InChI=1S/C11H13NO/c1-3-9-13-12-10(2)11-7-5-4-6-8-11/h3-9H,1-2H3/b9-3+,12-10+. The van der Waals surface area contributed by atoms with Crippen molar-refractivity contribution in [2.24, 2.45) is 5.16 Å². The molecule has 0 amide bonds. The molecular weight excluding hydrogens is 162 g/mol. The third-order valence-electron chi connectivity index (χ3n) is 1.58. The molecule has 13 heavy (non-hydrogen) atoms. The van der Waals surface area contributed by atoms with Crippen LogP contribution in [0, 0.1) is 0 Å². The van der Waals surface area contributed by atoms with Crippen molar-refractivity contribution in [2.75, 3.05) is 0 Å². The van der Waals surface area contributed by atoms with Gasteiger partial charge in [-0.05, 0) is 25.5 Å². The number of hydrogen-bond donors (Lipinski definition) is 0. The highest BCUT2D eigenvalue weighted by molar-refractivity contribution is 5.98. The minimum Gasteiger partial charge on any atom is -0.365 e. The van der Waals surface area contributed by atoms with E-state index in [1.165, 1.54) is 0 Å².